The Kier molecular flexibility index (Phi) is 5.07. The Morgan fingerprint density at radius 3 is 3.06 bits per heavy atom. The molecule has 2 amide bonds. The van der Waals surface area contributed by atoms with Crippen LogP contribution in [0.2, 0.25) is 0 Å². The molecule has 2 saturated heterocycles. The Balaban J connectivity index is 1.53. The van der Waals surface area contributed by atoms with Gasteiger partial charge >= 0.3 is 6.03 Å². The second kappa shape index (κ2) is 6.81. The zero-order valence-electron chi connectivity index (χ0n) is 10.3. The first-order chi connectivity index (χ1) is 8.34. The van der Waals surface area contributed by atoms with Gasteiger partial charge in [0.15, 0.2) is 0 Å². The lowest BCUT2D eigenvalue weighted by atomic mass is 9.96. The summed E-state index contributed by atoms with van der Waals surface area (Å²) in [5, 5.41) is 9.24. The Morgan fingerprint density at radius 1 is 1.41 bits per heavy atom. The molecule has 5 heteroatoms. The highest BCUT2D eigenvalue weighted by atomic mass is 16.5. The largest absolute Gasteiger partial charge is 0.379 e. The Bertz CT molecular complexity index is 236. The van der Waals surface area contributed by atoms with Crippen LogP contribution in [0.15, 0.2) is 0 Å². The summed E-state index contributed by atoms with van der Waals surface area (Å²) in [6.45, 7) is 4.43. The van der Waals surface area contributed by atoms with Gasteiger partial charge in [-0.05, 0) is 44.7 Å². The van der Waals surface area contributed by atoms with Crippen molar-refractivity contribution < 1.29 is 9.53 Å². The minimum atomic E-state index is -0.0516. The van der Waals surface area contributed by atoms with Crippen molar-refractivity contribution in [3.05, 3.63) is 0 Å². The van der Waals surface area contributed by atoms with Crippen molar-refractivity contribution in [3.63, 3.8) is 0 Å². The van der Waals surface area contributed by atoms with Crippen LogP contribution < -0.4 is 16.0 Å². The van der Waals surface area contributed by atoms with Crippen molar-refractivity contribution in [1.82, 2.24) is 16.0 Å². The number of carbonyl (C=O) groups is 1. The van der Waals surface area contributed by atoms with E-state index in [1.165, 1.54) is 12.8 Å². The average Bonchev–Trinajstić information content (AvgIpc) is 2.83. The third kappa shape index (κ3) is 4.52. The van der Waals surface area contributed by atoms with E-state index in [1.807, 2.05) is 0 Å². The predicted octanol–water partition coefficient (Wildman–Crippen LogP) is 0.464. The molecule has 2 atom stereocenters. The number of hydrogen-bond donors (Lipinski definition) is 3. The highest BCUT2D eigenvalue weighted by Crippen LogP contribution is 2.12. The quantitative estimate of drug-likeness (QED) is 0.670. The zero-order valence-corrected chi connectivity index (χ0v) is 10.3. The Hall–Kier alpha value is -0.810. The lowest BCUT2D eigenvalue weighted by Crippen LogP contribution is -2.43. The summed E-state index contributed by atoms with van der Waals surface area (Å²) in [7, 11) is 0. The molecule has 2 heterocycles. The molecule has 2 unspecified atom stereocenters. The summed E-state index contributed by atoms with van der Waals surface area (Å²) in [6, 6.07) is 0.149. The number of piperidine rings is 1. The Morgan fingerprint density at radius 2 is 2.35 bits per heavy atom. The number of rotatable bonds is 4. The summed E-state index contributed by atoms with van der Waals surface area (Å²) in [5.74, 6) is 0.721. The molecule has 3 N–H and O–H groups in total. The molecule has 2 rings (SSSR count). The topological polar surface area (TPSA) is 62.4 Å². The lowest BCUT2D eigenvalue weighted by molar-refractivity contribution is 0.188. The zero-order chi connectivity index (χ0) is 11.9. The number of nitrogens with one attached hydrogen (secondary N) is 3. The van der Waals surface area contributed by atoms with Crippen molar-refractivity contribution in [1.29, 1.82) is 0 Å². The van der Waals surface area contributed by atoms with Gasteiger partial charge in [-0.1, -0.05) is 0 Å². The van der Waals surface area contributed by atoms with E-state index in [4.69, 9.17) is 4.74 Å². The van der Waals surface area contributed by atoms with E-state index >= 15 is 0 Å². The van der Waals surface area contributed by atoms with Crippen LogP contribution in [0, 0.1) is 5.92 Å². The molecule has 0 saturated carbocycles. The molecule has 0 aliphatic carbocycles. The van der Waals surface area contributed by atoms with Crippen LogP contribution in [0.4, 0.5) is 4.79 Å². The number of carbonyl (C=O) groups excluding carboxylic acids is 1. The van der Waals surface area contributed by atoms with Crippen LogP contribution in [-0.4, -0.2) is 44.9 Å². The van der Waals surface area contributed by atoms with Crippen LogP contribution in [0.5, 0.6) is 0 Å². The average molecular weight is 241 g/mol. The summed E-state index contributed by atoms with van der Waals surface area (Å²) < 4.78 is 5.21. The molecular formula is C12H23N3O2. The van der Waals surface area contributed by atoms with Gasteiger partial charge in [0.2, 0.25) is 0 Å². The van der Waals surface area contributed by atoms with Crippen molar-refractivity contribution in [3.8, 4) is 0 Å². The SMILES string of the molecule is O=C(NCCC1CCCNC1)NC1CCOC1. The van der Waals surface area contributed by atoms with Crippen molar-refractivity contribution in [2.75, 3.05) is 32.8 Å². The molecule has 0 bridgehead atoms. The molecule has 0 aromatic rings. The second-order valence-electron chi connectivity index (χ2n) is 4.96. The summed E-state index contributed by atoms with van der Waals surface area (Å²) in [4.78, 5) is 11.5. The molecule has 98 valence electrons. The van der Waals surface area contributed by atoms with Gasteiger partial charge < -0.3 is 20.7 Å². The smallest absolute Gasteiger partial charge is 0.315 e. The standard InChI is InChI=1S/C12H23N3O2/c16-12(15-11-4-7-17-9-11)14-6-3-10-2-1-5-13-8-10/h10-11,13H,1-9H2,(H2,14,15,16). The van der Waals surface area contributed by atoms with Gasteiger partial charge in [-0.25, -0.2) is 4.79 Å². The second-order valence-corrected chi connectivity index (χ2v) is 4.96. The first-order valence-corrected chi connectivity index (χ1v) is 6.67. The summed E-state index contributed by atoms with van der Waals surface area (Å²) in [5.41, 5.74) is 0. The van der Waals surface area contributed by atoms with Gasteiger partial charge in [0, 0.05) is 13.2 Å². The number of amides is 2. The maximum absolute atomic E-state index is 11.5. The molecule has 0 radical (unpaired) electrons. The monoisotopic (exact) mass is 241 g/mol. The van der Waals surface area contributed by atoms with Crippen molar-refractivity contribution >= 4 is 6.03 Å². The molecule has 2 aliphatic heterocycles. The molecule has 17 heavy (non-hydrogen) atoms. The third-order valence-electron chi connectivity index (χ3n) is 3.50. The van der Waals surface area contributed by atoms with Gasteiger partial charge in [0.25, 0.3) is 0 Å². The van der Waals surface area contributed by atoms with Crippen molar-refractivity contribution in [2.45, 2.75) is 31.7 Å². The van der Waals surface area contributed by atoms with E-state index in [9.17, 15) is 4.79 Å². The van der Waals surface area contributed by atoms with E-state index in [0.29, 0.717) is 6.61 Å². The first kappa shape index (κ1) is 12.6. The van der Waals surface area contributed by atoms with Crippen molar-refractivity contribution in [2.24, 2.45) is 5.92 Å². The maximum atomic E-state index is 11.5. The minimum Gasteiger partial charge on any atom is -0.379 e. The van der Waals surface area contributed by atoms with Crippen LogP contribution in [-0.2, 0) is 4.74 Å². The van der Waals surface area contributed by atoms with Gasteiger partial charge in [0.1, 0.15) is 0 Å². The molecule has 5 nitrogen and oxygen atoms in total. The third-order valence-corrected chi connectivity index (χ3v) is 3.50. The molecule has 2 aliphatic rings. The fourth-order valence-corrected chi connectivity index (χ4v) is 2.44. The van der Waals surface area contributed by atoms with E-state index in [0.717, 1.165) is 45.0 Å². The molecule has 0 aromatic carbocycles. The number of ether oxygens (including phenoxy) is 1. The fraction of sp³-hybridized carbons (Fsp3) is 0.917. The fourth-order valence-electron chi connectivity index (χ4n) is 2.44. The van der Waals surface area contributed by atoms with Gasteiger partial charge in [0.05, 0.1) is 12.6 Å². The Labute approximate surface area is 103 Å². The predicted molar refractivity (Wildman–Crippen MR) is 66.0 cm³/mol. The normalized spacial score (nSPS) is 28.9. The number of hydrogen-bond acceptors (Lipinski definition) is 3. The van der Waals surface area contributed by atoms with Gasteiger partial charge in [-0.15, -0.1) is 0 Å². The minimum absolute atomic E-state index is 0.0516. The highest BCUT2D eigenvalue weighted by molar-refractivity contribution is 5.74. The molecular weight excluding hydrogens is 218 g/mol. The van der Waals surface area contributed by atoms with Crippen LogP contribution in [0.1, 0.15) is 25.7 Å². The molecule has 0 spiro atoms. The van der Waals surface area contributed by atoms with Crippen LogP contribution in [0.3, 0.4) is 0 Å². The van der Waals surface area contributed by atoms with Gasteiger partial charge in [-0.3, -0.25) is 0 Å². The van der Waals surface area contributed by atoms with E-state index in [1.54, 1.807) is 0 Å². The van der Waals surface area contributed by atoms with E-state index in [2.05, 4.69) is 16.0 Å². The summed E-state index contributed by atoms with van der Waals surface area (Å²) >= 11 is 0. The van der Waals surface area contributed by atoms with Crippen LogP contribution in [0.25, 0.3) is 0 Å². The van der Waals surface area contributed by atoms with E-state index in [-0.39, 0.29) is 12.1 Å². The molecule has 0 aromatic heterocycles. The van der Waals surface area contributed by atoms with Gasteiger partial charge in [-0.2, -0.15) is 0 Å². The highest BCUT2D eigenvalue weighted by Gasteiger charge is 2.18. The first-order valence-electron chi connectivity index (χ1n) is 6.67. The van der Waals surface area contributed by atoms with Crippen LogP contribution >= 0.6 is 0 Å². The van der Waals surface area contributed by atoms with E-state index < -0.39 is 0 Å². The molecule has 2 fully saturated rings. The maximum Gasteiger partial charge on any atom is 0.315 e. The summed E-state index contributed by atoms with van der Waals surface area (Å²) in [6.07, 6.45) is 4.55. The lowest BCUT2D eigenvalue weighted by Gasteiger charge is -2.22. The number of urea groups is 1.